The van der Waals surface area contributed by atoms with Gasteiger partial charge in [-0.2, -0.15) is 0 Å². The molecule has 0 unspecified atom stereocenters. The number of furan rings is 1. The van der Waals surface area contributed by atoms with E-state index in [-0.39, 0.29) is 16.2 Å². The van der Waals surface area contributed by atoms with E-state index in [0.29, 0.717) is 17.5 Å². The summed E-state index contributed by atoms with van der Waals surface area (Å²) in [4.78, 5) is 15.4. The lowest BCUT2D eigenvalue weighted by Crippen LogP contribution is -2.42. The third-order valence-corrected chi connectivity index (χ3v) is 13.0. The van der Waals surface area contributed by atoms with Gasteiger partial charge in [0.15, 0.2) is 17.5 Å². The Morgan fingerprint density at radius 1 is 0.472 bits per heavy atom. The number of nitrogens with zero attached hydrogens (tertiary/aromatic N) is 4. The summed E-state index contributed by atoms with van der Waals surface area (Å²) in [7, 11) is 0. The van der Waals surface area contributed by atoms with Crippen molar-refractivity contribution in [3.8, 4) is 39.9 Å². The lowest BCUT2D eigenvalue weighted by Gasteiger charge is -2.44. The first-order valence-corrected chi connectivity index (χ1v) is 18.5. The lowest BCUT2D eigenvalue weighted by molar-refractivity contribution is 0.125. The van der Waals surface area contributed by atoms with E-state index >= 15 is 0 Å². The molecule has 53 heavy (non-hydrogen) atoms. The molecule has 258 valence electrons. The summed E-state index contributed by atoms with van der Waals surface area (Å²) < 4.78 is 8.68. The molecule has 1 aliphatic rings. The van der Waals surface area contributed by atoms with Crippen LogP contribution in [0.1, 0.15) is 52.7 Å². The van der Waals surface area contributed by atoms with Crippen LogP contribution in [0.15, 0.2) is 138 Å². The quantitative estimate of drug-likeness (QED) is 0.185. The molecule has 0 aliphatic heterocycles. The van der Waals surface area contributed by atoms with E-state index in [4.69, 9.17) is 19.4 Å². The minimum atomic E-state index is -0.0125. The summed E-state index contributed by atoms with van der Waals surface area (Å²) in [6.45, 7) is 14.5. The normalized spacial score (nSPS) is 15.8. The zero-order chi connectivity index (χ0) is 36.3. The molecule has 1 aliphatic carbocycles. The smallest absolute Gasteiger partial charge is 0.164 e. The van der Waals surface area contributed by atoms with Crippen molar-refractivity contribution in [1.29, 1.82) is 0 Å². The number of fused-ring (bicyclic) bond motifs is 7. The van der Waals surface area contributed by atoms with Gasteiger partial charge in [0, 0.05) is 43.9 Å². The predicted octanol–water partition coefficient (Wildman–Crippen LogP) is 12.5. The fourth-order valence-corrected chi connectivity index (χ4v) is 8.87. The summed E-state index contributed by atoms with van der Waals surface area (Å²) in [6.07, 6.45) is 0. The van der Waals surface area contributed by atoms with E-state index in [0.717, 1.165) is 44.3 Å². The van der Waals surface area contributed by atoms with Gasteiger partial charge in [0.25, 0.3) is 0 Å². The van der Waals surface area contributed by atoms with Crippen LogP contribution in [0.3, 0.4) is 0 Å². The molecule has 6 aromatic carbocycles. The largest absolute Gasteiger partial charge is 0.456 e. The Kier molecular flexibility index (Phi) is 6.55. The van der Waals surface area contributed by atoms with Crippen LogP contribution in [0, 0.1) is 5.41 Å². The molecule has 5 heteroatoms. The second kappa shape index (κ2) is 11.0. The second-order valence-electron chi connectivity index (χ2n) is 16.1. The molecule has 0 saturated heterocycles. The van der Waals surface area contributed by atoms with E-state index in [1.165, 1.54) is 32.9 Å². The van der Waals surface area contributed by atoms with Crippen molar-refractivity contribution < 1.29 is 4.42 Å². The second-order valence-corrected chi connectivity index (χ2v) is 16.1. The molecule has 0 spiro atoms. The predicted molar refractivity (Wildman–Crippen MR) is 218 cm³/mol. The zero-order valence-electron chi connectivity index (χ0n) is 30.9. The molecule has 0 radical (unpaired) electrons. The molecular weight excluding hydrogens is 649 g/mol. The first-order valence-electron chi connectivity index (χ1n) is 18.5. The SMILES string of the molecule is CC1(C)c2cc3c4ccccc4n(-c4cccc(-c5nc(-c6ccccc6)nc(-c6cccc7oc8ccccc8c67)n5)c4)c3cc2C(C)(C)C1(C)C. The van der Waals surface area contributed by atoms with Crippen molar-refractivity contribution in [2.75, 3.05) is 0 Å². The van der Waals surface area contributed by atoms with Gasteiger partial charge in [0.2, 0.25) is 0 Å². The van der Waals surface area contributed by atoms with Gasteiger partial charge in [-0.25, -0.2) is 15.0 Å². The van der Waals surface area contributed by atoms with Crippen LogP contribution < -0.4 is 0 Å². The minimum Gasteiger partial charge on any atom is -0.456 e. The summed E-state index contributed by atoms with van der Waals surface area (Å²) >= 11 is 0. The number of aromatic nitrogens is 4. The van der Waals surface area contributed by atoms with Crippen LogP contribution >= 0.6 is 0 Å². The molecule has 10 rings (SSSR count). The fraction of sp³-hybridized carbons (Fsp3) is 0.188. The maximum atomic E-state index is 6.26. The van der Waals surface area contributed by atoms with Gasteiger partial charge in [-0.15, -0.1) is 0 Å². The molecule has 0 fully saturated rings. The van der Waals surface area contributed by atoms with Crippen LogP contribution in [-0.2, 0) is 10.8 Å². The van der Waals surface area contributed by atoms with Gasteiger partial charge in [0.05, 0.1) is 11.0 Å². The number of benzene rings is 6. The molecule has 9 aromatic rings. The summed E-state index contributed by atoms with van der Waals surface area (Å²) in [5.41, 5.74) is 10.8. The highest BCUT2D eigenvalue weighted by Crippen LogP contribution is 2.62. The van der Waals surface area contributed by atoms with E-state index in [2.05, 4.69) is 119 Å². The first-order chi connectivity index (χ1) is 25.5. The van der Waals surface area contributed by atoms with E-state index in [9.17, 15) is 0 Å². The van der Waals surface area contributed by atoms with Gasteiger partial charge in [0.1, 0.15) is 11.2 Å². The zero-order valence-corrected chi connectivity index (χ0v) is 30.9. The Hall–Kier alpha value is -6.07. The molecule has 0 atom stereocenters. The highest BCUT2D eigenvalue weighted by molar-refractivity contribution is 6.12. The van der Waals surface area contributed by atoms with Crippen molar-refractivity contribution in [3.05, 3.63) is 145 Å². The standard InChI is InChI=1S/C48H40N4O/c1-46(2)36-27-35-32-20-10-12-23-38(32)52(39(35)28-37(36)47(3,4)48(46,5)6)31-19-14-18-30(26-31)44-49-43(29-16-8-7-9-17-29)50-45(51-44)34-22-15-25-41-42(34)33-21-11-13-24-40(33)53-41/h7-28H,1-6H3. The molecule has 0 N–H and O–H groups in total. The molecule has 5 nitrogen and oxygen atoms in total. The van der Waals surface area contributed by atoms with Gasteiger partial charge >= 0.3 is 0 Å². The maximum absolute atomic E-state index is 6.26. The van der Waals surface area contributed by atoms with Crippen LogP contribution in [-0.4, -0.2) is 19.5 Å². The van der Waals surface area contributed by atoms with Crippen LogP contribution in [0.4, 0.5) is 0 Å². The van der Waals surface area contributed by atoms with Gasteiger partial charge in [-0.05, 0) is 69.8 Å². The van der Waals surface area contributed by atoms with Crippen LogP contribution in [0.25, 0.3) is 83.6 Å². The summed E-state index contributed by atoms with van der Waals surface area (Å²) in [5.74, 6) is 1.85. The average Bonchev–Trinajstić information content (AvgIpc) is 3.75. The molecule has 3 aromatic heterocycles. The Labute approximate surface area is 309 Å². The van der Waals surface area contributed by atoms with E-state index in [1.807, 2.05) is 60.7 Å². The number of hydrogen-bond acceptors (Lipinski definition) is 4. The lowest BCUT2D eigenvalue weighted by atomic mass is 9.59. The molecule has 3 heterocycles. The first kappa shape index (κ1) is 31.6. The molecular formula is C48H40N4O. The van der Waals surface area contributed by atoms with Crippen molar-refractivity contribution >= 4 is 43.7 Å². The van der Waals surface area contributed by atoms with Crippen molar-refractivity contribution in [2.24, 2.45) is 5.41 Å². The van der Waals surface area contributed by atoms with Crippen LogP contribution in [0.2, 0.25) is 0 Å². The van der Waals surface area contributed by atoms with Gasteiger partial charge in [-0.3, -0.25) is 0 Å². The van der Waals surface area contributed by atoms with E-state index < -0.39 is 0 Å². The number of para-hydroxylation sites is 2. The van der Waals surface area contributed by atoms with E-state index in [1.54, 1.807) is 0 Å². The third kappa shape index (κ3) is 4.40. The third-order valence-electron chi connectivity index (χ3n) is 13.0. The summed E-state index contributed by atoms with van der Waals surface area (Å²) in [5, 5.41) is 4.57. The average molecular weight is 689 g/mol. The Bertz CT molecular complexity index is 2930. The molecule has 0 amide bonds. The van der Waals surface area contributed by atoms with Crippen molar-refractivity contribution in [3.63, 3.8) is 0 Å². The maximum Gasteiger partial charge on any atom is 0.164 e. The number of rotatable bonds is 4. The van der Waals surface area contributed by atoms with Gasteiger partial charge in [-0.1, -0.05) is 133 Å². The summed E-state index contributed by atoms with van der Waals surface area (Å²) in [6, 6.07) is 46.7. The van der Waals surface area contributed by atoms with Crippen molar-refractivity contribution in [2.45, 2.75) is 52.4 Å². The minimum absolute atomic E-state index is 0.0125. The van der Waals surface area contributed by atoms with Crippen molar-refractivity contribution in [1.82, 2.24) is 19.5 Å². The van der Waals surface area contributed by atoms with Gasteiger partial charge < -0.3 is 8.98 Å². The molecule has 0 saturated carbocycles. The fourth-order valence-electron chi connectivity index (χ4n) is 8.87. The Balaban J connectivity index is 1.20. The monoisotopic (exact) mass is 688 g/mol. The number of hydrogen-bond donors (Lipinski definition) is 0. The Morgan fingerprint density at radius 3 is 1.87 bits per heavy atom. The highest BCUT2D eigenvalue weighted by Gasteiger charge is 2.57. The van der Waals surface area contributed by atoms with Crippen LogP contribution in [0.5, 0.6) is 0 Å². The Morgan fingerprint density at radius 2 is 1.08 bits per heavy atom. The highest BCUT2D eigenvalue weighted by atomic mass is 16.3. The topological polar surface area (TPSA) is 56.7 Å². The molecule has 0 bridgehead atoms.